The molecule has 9 heteroatoms. The Labute approximate surface area is 167 Å². The maximum absolute atomic E-state index is 12.8. The van der Waals surface area contributed by atoms with Crippen LogP contribution in [0.4, 0.5) is 10.5 Å². The van der Waals surface area contributed by atoms with E-state index in [-0.39, 0.29) is 11.3 Å². The summed E-state index contributed by atoms with van der Waals surface area (Å²) in [4.78, 5) is 48.8. The van der Waals surface area contributed by atoms with E-state index >= 15 is 0 Å². The molecule has 2 aromatic rings. The Balaban J connectivity index is 1.98. The molecule has 0 radical (unpaired) electrons. The number of halogens is 1. The van der Waals surface area contributed by atoms with Crippen molar-refractivity contribution in [2.45, 2.75) is 0 Å². The van der Waals surface area contributed by atoms with Gasteiger partial charge in [0.15, 0.2) is 6.61 Å². The van der Waals surface area contributed by atoms with Gasteiger partial charge in [0.25, 0.3) is 11.8 Å². The summed E-state index contributed by atoms with van der Waals surface area (Å²) in [5.41, 5.74) is 0.334. The summed E-state index contributed by atoms with van der Waals surface area (Å²) in [7, 11) is 0. The number of barbiturate groups is 1. The first-order valence-electron chi connectivity index (χ1n) is 7.97. The van der Waals surface area contributed by atoms with E-state index in [1.807, 2.05) is 0 Å². The lowest BCUT2D eigenvalue weighted by atomic mass is 10.1. The summed E-state index contributed by atoms with van der Waals surface area (Å²) in [6.45, 7) is -0.580. The van der Waals surface area contributed by atoms with Crippen LogP contribution in [0.2, 0.25) is 0 Å². The van der Waals surface area contributed by atoms with Crippen LogP contribution in [-0.4, -0.2) is 35.5 Å². The molecule has 142 valence electrons. The number of amides is 4. The van der Waals surface area contributed by atoms with Crippen molar-refractivity contribution in [3.63, 3.8) is 0 Å². The molecular formula is C19H13BrN2O6. The number of nitrogens with one attached hydrogen (secondary N) is 1. The lowest BCUT2D eigenvalue weighted by Crippen LogP contribution is -2.54. The minimum atomic E-state index is -1.17. The Morgan fingerprint density at radius 1 is 1.11 bits per heavy atom. The number of urea groups is 1. The molecule has 0 aliphatic carbocycles. The molecule has 0 atom stereocenters. The number of imide groups is 2. The van der Waals surface area contributed by atoms with Gasteiger partial charge in [-0.1, -0.05) is 34.1 Å². The average molecular weight is 445 g/mol. The molecule has 4 amide bonds. The number of hydrogen-bond donors (Lipinski definition) is 2. The van der Waals surface area contributed by atoms with Crippen molar-refractivity contribution in [3.8, 4) is 5.75 Å². The molecule has 3 rings (SSSR count). The highest BCUT2D eigenvalue weighted by molar-refractivity contribution is 9.10. The Hall–Kier alpha value is -3.46. The van der Waals surface area contributed by atoms with Gasteiger partial charge in [-0.15, -0.1) is 0 Å². The van der Waals surface area contributed by atoms with Crippen molar-refractivity contribution in [2.75, 3.05) is 11.5 Å². The van der Waals surface area contributed by atoms with Gasteiger partial charge in [-0.05, 0) is 36.4 Å². The van der Waals surface area contributed by atoms with Crippen LogP contribution in [0.1, 0.15) is 5.56 Å². The Bertz CT molecular complexity index is 1000. The standard InChI is InChI=1S/C19H13BrN2O6/c20-12-5-7-13(8-6-12)22-18(26)14(17(25)21-19(22)27)9-11-3-1-2-4-15(11)28-10-16(23)24/h1-9H,10H2,(H,23,24)(H,21,25,27). The minimum Gasteiger partial charge on any atom is -0.481 e. The maximum atomic E-state index is 12.8. The van der Waals surface area contributed by atoms with Crippen LogP contribution in [0, 0.1) is 0 Å². The number of benzene rings is 2. The first-order valence-corrected chi connectivity index (χ1v) is 8.77. The molecule has 1 fully saturated rings. The molecule has 0 aromatic heterocycles. The van der Waals surface area contributed by atoms with Gasteiger partial charge in [-0.25, -0.2) is 14.5 Å². The largest absolute Gasteiger partial charge is 0.481 e. The highest BCUT2D eigenvalue weighted by atomic mass is 79.9. The quantitative estimate of drug-likeness (QED) is 0.541. The summed E-state index contributed by atoms with van der Waals surface area (Å²) in [6.07, 6.45) is 1.26. The van der Waals surface area contributed by atoms with Crippen molar-refractivity contribution in [1.82, 2.24) is 5.32 Å². The van der Waals surface area contributed by atoms with E-state index in [9.17, 15) is 19.2 Å². The molecular weight excluding hydrogens is 432 g/mol. The molecule has 1 aliphatic rings. The third-order valence-electron chi connectivity index (χ3n) is 3.76. The number of nitrogens with zero attached hydrogens (tertiary/aromatic N) is 1. The average Bonchev–Trinajstić information content (AvgIpc) is 2.65. The molecule has 1 heterocycles. The number of carbonyl (C=O) groups is 4. The molecule has 0 spiro atoms. The van der Waals surface area contributed by atoms with Gasteiger partial charge in [-0.3, -0.25) is 14.9 Å². The van der Waals surface area contributed by atoms with Crippen molar-refractivity contribution >= 4 is 51.5 Å². The zero-order valence-electron chi connectivity index (χ0n) is 14.2. The van der Waals surface area contributed by atoms with Crippen LogP contribution in [0.3, 0.4) is 0 Å². The molecule has 8 nitrogen and oxygen atoms in total. The second-order valence-corrected chi connectivity index (χ2v) is 6.57. The number of carbonyl (C=O) groups excluding carboxylic acids is 3. The lowest BCUT2D eigenvalue weighted by Gasteiger charge is -2.26. The van der Waals surface area contributed by atoms with E-state index in [2.05, 4.69) is 21.2 Å². The first kappa shape index (κ1) is 19.3. The van der Waals surface area contributed by atoms with Crippen molar-refractivity contribution < 1.29 is 29.0 Å². The van der Waals surface area contributed by atoms with Crippen LogP contribution < -0.4 is 15.0 Å². The number of carboxylic acid groups (broad SMARTS) is 1. The molecule has 1 saturated heterocycles. The van der Waals surface area contributed by atoms with E-state index in [1.165, 1.54) is 12.1 Å². The van der Waals surface area contributed by atoms with E-state index in [0.717, 1.165) is 9.37 Å². The zero-order chi connectivity index (χ0) is 20.3. The first-order chi connectivity index (χ1) is 13.4. The fraction of sp³-hybridized carbons (Fsp3) is 0.0526. The van der Waals surface area contributed by atoms with Crippen LogP contribution in [0.25, 0.3) is 6.08 Å². The number of aliphatic carboxylic acids is 1. The second kappa shape index (κ2) is 8.05. The second-order valence-electron chi connectivity index (χ2n) is 5.65. The van der Waals surface area contributed by atoms with E-state index in [0.29, 0.717) is 11.3 Å². The normalized spacial score (nSPS) is 15.5. The highest BCUT2D eigenvalue weighted by Crippen LogP contribution is 2.26. The van der Waals surface area contributed by atoms with Crippen molar-refractivity contribution in [1.29, 1.82) is 0 Å². The Morgan fingerprint density at radius 3 is 2.46 bits per heavy atom. The van der Waals surface area contributed by atoms with Gasteiger partial charge in [0.2, 0.25) is 0 Å². The van der Waals surface area contributed by atoms with Crippen LogP contribution in [0.15, 0.2) is 58.6 Å². The predicted molar refractivity (Wildman–Crippen MR) is 103 cm³/mol. The third kappa shape index (κ3) is 4.09. The van der Waals surface area contributed by atoms with Crippen LogP contribution in [0.5, 0.6) is 5.75 Å². The Morgan fingerprint density at radius 2 is 1.79 bits per heavy atom. The number of para-hydroxylation sites is 1. The van der Waals surface area contributed by atoms with Gasteiger partial charge < -0.3 is 9.84 Å². The van der Waals surface area contributed by atoms with Gasteiger partial charge in [0.05, 0.1) is 5.69 Å². The summed E-state index contributed by atoms with van der Waals surface area (Å²) in [5, 5.41) is 10.9. The molecule has 1 aliphatic heterocycles. The van der Waals surface area contributed by atoms with Gasteiger partial charge in [0, 0.05) is 10.0 Å². The number of carboxylic acids is 1. The number of ether oxygens (including phenoxy) is 1. The van der Waals surface area contributed by atoms with Crippen LogP contribution in [-0.2, 0) is 14.4 Å². The predicted octanol–water partition coefficient (Wildman–Crippen LogP) is 2.58. The van der Waals surface area contributed by atoms with Crippen LogP contribution >= 0.6 is 15.9 Å². The summed E-state index contributed by atoms with van der Waals surface area (Å²) >= 11 is 3.27. The summed E-state index contributed by atoms with van der Waals surface area (Å²) < 4.78 is 5.95. The van der Waals surface area contributed by atoms with Gasteiger partial charge in [-0.2, -0.15) is 0 Å². The molecule has 0 unspecified atom stereocenters. The summed E-state index contributed by atoms with van der Waals surface area (Å²) in [5.74, 6) is -2.63. The number of rotatable bonds is 5. The number of anilines is 1. The fourth-order valence-corrected chi connectivity index (χ4v) is 2.77. The van der Waals surface area contributed by atoms with Gasteiger partial charge in [0.1, 0.15) is 11.3 Å². The summed E-state index contributed by atoms with van der Waals surface area (Å²) in [6, 6.07) is 11.9. The number of hydrogen-bond acceptors (Lipinski definition) is 5. The van der Waals surface area contributed by atoms with E-state index in [1.54, 1.807) is 42.5 Å². The Kier molecular flexibility index (Phi) is 5.55. The minimum absolute atomic E-state index is 0.185. The molecule has 2 N–H and O–H groups in total. The SMILES string of the molecule is O=C(O)COc1ccccc1C=C1C(=O)NC(=O)N(c2ccc(Br)cc2)C1=O. The highest BCUT2D eigenvalue weighted by Gasteiger charge is 2.36. The molecule has 28 heavy (non-hydrogen) atoms. The topological polar surface area (TPSA) is 113 Å². The monoisotopic (exact) mass is 444 g/mol. The third-order valence-corrected chi connectivity index (χ3v) is 4.29. The van der Waals surface area contributed by atoms with E-state index < -0.39 is 30.4 Å². The smallest absolute Gasteiger partial charge is 0.341 e. The fourth-order valence-electron chi connectivity index (χ4n) is 2.51. The molecule has 0 saturated carbocycles. The zero-order valence-corrected chi connectivity index (χ0v) is 15.8. The van der Waals surface area contributed by atoms with Crippen molar-refractivity contribution in [3.05, 3.63) is 64.1 Å². The van der Waals surface area contributed by atoms with Gasteiger partial charge >= 0.3 is 12.0 Å². The molecule has 2 aromatic carbocycles. The van der Waals surface area contributed by atoms with E-state index in [4.69, 9.17) is 9.84 Å². The maximum Gasteiger partial charge on any atom is 0.341 e. The lowest BCUT2D eigenvalue weighted by molar-refractivity contribution is -0.139. The molecule has 0 bridgehead atoms. The van der Waals surface area contributed by atoms with Crippen molar-refractivity contribution in [2.24, 2.45) is 0 Å².